The maximum atomic E-state index is 12.4. The molecular weight excluding hydrogens is 302 g/mol. The molecule has 0 fully saturated rings. The van der Waals surface area contributed by atoms with E-state index in [2.05, 4.69) is 5.32 Å². The van der Waals surface area contributed by atoms with Crippen LogP contribution >= 0.6 is 11.6 Å². The number of amides is 1. The minimum absolute atomic E-state index is 0.195. The fourth-order valence-corrected chi connectivity index (χ4v) is 2.31. The molecule has 0 heterocycles. The Balaban J connectivity index is 2.23. The molecular formula is C17H16ClNO3. The Morgan fingerprint density at radius 2 is 1.77 bits per heavy atom. The number of carboxylic acids is 1. The van der Waals surface area contributed by atoms with Crippen molar-refractivity contribution in [3.63, 3.8) is 0 Å². The van der Waals surface area contributed by atoms with Crippen molar-refractivity contribution in [1.29, 1.82) is 0 Å². The number of aryl methyl sites for hydroxylation is 1. The number of nitrogens with one attached hydrogen (secondary N) is 1. The first-order valence-electron chi connectivity index (χ1n) is 6.81. The molecule has 2 rings (SSSR count). The molecule has 2 aromatic carbocycles. The summed E-state index contributed by atoms with van der Waals surface area (Å²) in [5.74, 6) is -1.27. The summed E-state index contributed by atoms with van der Waals surface area (Å²) in [5, 5.41) is 12.4. The van der Waals surface area contributed by atoms with Gasteiger partial charge in [-0.25, -0.2) is 0 Å². The van der Waals surface area contributed by atoms with Crippen molar-refractivity contribution in [1.82, 2.24) is 5.32 Å². The van der Waals surface area contributed by atoms with E-state index in [1.165, 1.54) is 0 Å². The zero-order valence-electron chi connectivity index (χ0n) is 12.0. The SMILES string of the molecule is Cc1ccccc1C(=O)NC(CC(=O)O)c1ccc(Cl)cc1. The molecule has 0 aromatic heterocycles. The molecule has 0 aliphatic heterocycles. The van der Waals surface area contributed by atoms with Crippen LogP contribution in [-0.2, 0) is 4.79 Å². The Morgan fingerprint density at radius 3 is 2.36 bits per heavy atom. The summed E-state index contributed by atoms with van der Waals surface area (Å²) >= 11 is 5.84. The van der Waals surface area contributed by atoms with E-state index in [9.17, 15) is 9.59 Å². The summed E-state index contributed by atoms with van der Waals surface area (Å²) in [7, 11) is 0. The summed E-state index contributed by atoms with van der Waals surface area (Å²) in [6.07, 6.45) is -0.195. The second kappa shape index (κ2) is 7.09. The molecule has 0 saturated carbocycles. The summed E-state index contributed by atoms with van der Waals surface area (Å²) in [4.78, 5) is 23.4. The average Bonchev–Trinajstić information content (AvgIpc) is 2.47. The fraction of sp³-hybridized carbons (Fsp3) is 0.176. The largest absolute Gasteiger partial charge is 0.481 e. The van der Waals surface area contributed by atoms with E-state index < -0.39 is 12.0 Å². The van der Waals surface area contributed by atoms with Crippen molar-refractivity contribution >= 4 is 23.5 Å². The van der Waals surface area contributed by atoms with Crippen molar-refractivity contribution in [3.05, 3.63) is 70.2 Å². The lowest BCUT2D eigenvalue weighted by Gasteiger charge is -2.18. The van der Waals surface area contributed by atoms with Gasteiger partial charge in [-0.3, -0.25) is 9.59 Å². The third-order valence-corrected chi connectivity index (χ3v) is 3.60. The van der Waals surface area contributed by atoms with Crippen LogP contribution in [0.5, 0.6) is 0 Å². The van der Waals surface area contributed by atoms with Crippen molar-refractivity contribution in [2.75, 3.05) is 0 Å². The summed E-state index contributed by atoms with van der Waals surface area (Å²) in [6, 6.07) is 13.3. The van der Waals surface area contributed by atoms with Gasteiger partial charge in [0.1, 0.15) is 0 Å². The minimum Gasteiger partial charge on any atom is -0.481 e. The highest BCUT2D eigenvalue weighted by Gasteiger charge is 2.19. The molecule has 0 radical (unpaired) electrons. The Kier molecular flexibility index (Phi) is 5.17. The lowest BCUT2D eigenvalue weighted by atomic mass is 10.0. The van der Waals surface area contributed by atoms with E-state index in [4.69, 9.17) is 16.7 Å². The third-order valence-electron chi connectivity index (χ3n) is 3.35. The van der Waals surface area contributed by atoms with Crippen LogP contribution in [0.4, 0.5) is 0 Å². The highest BCUT2D eigenvalue weighted by molar-refractivity contribution is 6.30. The molecule has 1 amide bonds. The lowest BCUT2D eigenvalue weighted by Crippen LogP contribution is -2.30. The minimum atomic E-state index is -0.981. The number of hydrogen-bond donors (Lipinski definition) is 2. The quantitative estimate of drug-likeness (QED) is 0.885. The number of carbonyl (C=O) groups is 2. The number of hydrogen-bond acceptors (Lipinski definition) is 2. The first-order valence-corrected chi connectivity index (χ1v) is 7.19. The molecule has 1 unspecified atom stereocenters. The number of carbonyl (C=O) groups excluding carboxylic acids is 1. The second-order valence-electron chi connectivity index (χ2n) is 4.99. The molecule has 4 nitrogen and oxygen atoms in total. The molecule has 0 aliphatic carbocycles. The monoisotopic (exact) mass is 317 g/mol. The van der Waals surface area contributed by atoms with Crippen molar-refractivity contribution < 1.29 is 14.7 Å². The number of aliphatic carboxylic acids is 1. The summed E-state index contributed by atoms with van der Waals surface area (Å²) in [5.41, 5.74) is 2.07. The van der Waals surface area contributed by atoms with Crippen molar-refractivity contribution in [3.8, 4) is 0 Å². The van der Waals surface area contributed by atoms with Crippen LogP contribution in [0, 0.1) is 6.92 Å². The molecule has 0 bridgehead atoms. The fourth-order valence-electron chi connectivity index (χ4n) is 2.19. The highest BCUT2D eigenvalue weighted by Crippen LogP contribution is 2.20. The molecule has 0 saturated heterocycles. The maximum absolute atomic E-state index is 12.4. The second-order valence-corrected chi connectivity index (χ2v) is 5.43. The van der Waals surface area contributed by atoms with Crippen LogP contribution in [0.25, 0.3) is 0 Å². The average molecular weight is 318 g/mol. The van der Waals surface area contributed by atoms with Gasteiger partial charge >= 0.3 is 5.97 Å². The zero-order valence-corrected chi connectivity index (χ0v) is 12.8. The van der Waals surface area contributed by atoms with Gasteiger partial charge in [-0.05, 0) is 36.2 Å². The van der Waals surface area contributed by atoms with Crippen molar-refractivity contribution in [2.45, 2.75) is 19.4 Å². The van der Waals surface area contributed by atoms with Crippen LogP contribution in [0.1, 0.15) is 33.9 Å². The molecule has 5 heteroatoms. The van der Waals surface area contributed by atoms with Gasteiger partial charge in [-0.1, -0.05) is 41.9 Å². The van der Waals surface area contributed by atoms with Gasteiger partial charge in [0.05, 0.1) is 12.5 Å². The molecule has 0 spiro atoms. The highest BCUT2D eigenvalue weighted by atomic mass is 35.5. The van der Waals surface area contributed by atoms with Crippen LogP contribution in [-0.4, -0.2) is 17.0 Å². The number of benzene rings is 2. The molecule has 0 aliphatic rings. The molecule has 1 atom stereocenters. The van der Waals surface area contributed by atoms with Crippen LogP contribution in [0.2, 0.25) is 5.02 Å². The number of halogens is 1. The van der Waals surface area contributed by atoms with Crippen molar-refractivity contribution in [2.24, 2.45) is 0 Å². The Morgan fingerprint density at radius 1 is 1.14 bits per heavy atom. The van der Waals surface area contributed by atoms with E-state index in [0.717, 1.165) is 5.56 Å². The van der Waals surface area contributed by atoms with Gasteiger partial charge in [0, 0.05) is 10.6 Å². The molecule has 114 valence electrons. The topological polar surface area (TPSA) is 66.4 Å². The van der Waals surface area contributed by atoms with E-state index in [-0.39, 0.29) is 12.3 Å². The zero-order chi connectivity index (χ0) is 16.1. The Bertz CT molecular complexity index is 683. The van der Waals surface area contributed by atoms with Crippen LogP contribution in [0.3, 0.4) is 0 Å². The van der Waals surface area contributed by atoms with Gasteiger partial charge in [0.2, 0.25) is 0 Å². The summed E-state index contributed by atoms with van der Waals surface area (Å²) in [6.45, 7) is 1.84. The first kappa shape index (κ1) is 16.0. The predicted octanol–water partition coefficient (Wildman–Crippen LogP) is 3.59. The van der Waals surface area contributed by atoms with Gasteiger partial charge < -0.3 is 10.4 Å². The Hall–Kier alpha value is -2.33. The molecule has 2 N–H and O–H groups in total. The van der Waals surface area contributed by atoms with Gasteiger partial charge in [0.15, 0.2) is 0 Å². The maximum Gasteiger partial charge on any atom is 0.305 e. The summed E-state index contributed by atoms with van der Waals surface area (Å²) < 4.78 is 0. The van der Waals surface area contributed by atoms with E-state index in [1.807, 2.05) is 19.1 Å². The standard InChI is InChI=1S/C17H16ClNO3/c1-11-4-2-3-5-14(11)17(22)19-15(10-16(20)21)12-6-8-13(18)9-7-12/h2-9,15H,10H2,1H3,(H,19,22)(H,20,21). The number of rotatable bonds is 5. The molecule has 2 aromatic rings. The predicted molar refractivity (Wildman–Crippen MR) is 85.1 cm³/mol. The van der Waals surface area contributed by atoms with E-state index >= 15 is 0 Å². The normalized spacial score (nSPS) is 11.7. The third kappa shape index (κ3) is 4.09. The number of carboxylic acid groups (broad SMARTS) is 1. The van der Waals surface area contributed by atoms with Gasteiger partial charge in [0.25, 0.3) is 5.91 Å². The van der Waals surface area contributed by atoms with Gasteiger partial charge in [-0.15, -0.1) is 0 Å². The van der Waals surface area contributed by atoms with E-state index in [1.54, 1.807) is 36.4 Å². The van der Waals surface area contributed by atoms with E-state index in [0.29, 0.717) is 16.1 Å². The van der Waals surface area contributed by atoms with Crippen LogP contribution in [0.15, 0.2) is 48.5 Å². The van der Waals surface area contributed by atoms with Crippen LogP contribution < -0.4 is 5.32 Å². The Labute approximate surface area is 133 Å². The lowest BCUT2D eigenvalue weighted by molar-refractivity contribution is -0.137. The first-order chi connectivity index (χ1) is 10.5. The smallest absolute Gasteiger partial charge is 0.305 e. The molecule has 22 heavy (non-hydrogen) atoms. The van der Waals surface area contributed by atoms with Gasteiger partial charge in [-0.2, -0.15) is 0 Å².